The van der Waals surface area contributed by atoms with Crippen LogP contribution in [0.4, 0.5) is 11.4 Å². The van der Waals surface area contributed by atoms with Gasteiger partial charge in [-0.2, -0.15) is 0 Å². The van der Waals surface area contributed by atoms with Crippen LogP contribution in [0.25, 0.3) is 0 Å². The molecule has 0 unspecified atom stereocenters. The van der Waals surface area contributed by atoms with Crippen molar-refractivity contribution in [3.8, 4) is 0 Å². The molecule has 5 rings (SSSR count). The minimum absolute atomic E-state index is 0.0407. The molecule has 0 spiro atoms. The highest BCUT2D eigenvalue weighted by molar-refractivity contribution is 6.30. The van der Waals surface area contributed by atoms with E-state index in [-0.39, 0.29) is 17.7 Å². The third kappa shape index (κ3) is 3.76. The Morgan fingerprint density at radius 2 is 1.68 bits per heavy atom. The summed E-state index contributed by atoms with van der Waals surface area (Å²) < 4.78 is 0. The third-order valence-corrected chi connectivity index (χ3v) is 7.75. The van der Waals surface area contributed by atoms with E-state index >= 15 is 0 Å². The van der Waals surface area contributed by atoms with Crippen LogP contribution in [0.5, 0.6) is 0 Å². The summed E-state index contributed by atoms with van der Waals surface area (Å²) in [7, 11) is 0. The van der Waals surface area contributed by atoms with Crippen LogP contribution in [0.3, 0.4) is 0 Å². The first-order valence-corrected chi connectivity index (χ1v) is 12.0. The van der Waals surface area contributed by atoms with E-state index in [1.54, 1.807) is 0 Å². The Hall–Kier alpha value is -2.33. The molecular weight excluding hydrogens is 408 g/mol. The SMILES string of the molecule is O=C(C1CCCC1)N1CCc2ccc(NC(=O)C3(c4ccc(Cl)cc4)CCCC3)cc21. The zero-order valence-corrected chi connectivity index (χ0v) is 18.6. The maximum atomic E-state index is 13.5. The molecule has 2 aliphatic carbocycles. The van der Waals surface area contributed by atoms with Gasteiger partial charge in [-0.15, -0.1) is 0 Å². The molecule has 2 amide bonds. The van der Waals surface area contributed by atoms with Crippen LogP contribution in [0.15, 0.2) is 42.5 Å². The van der Waals surface area contributed by atoms with Crippen molar-refractivity contribution in [1.29, 1.82) is 0 Å². The molecule has 2 aromatic carbocycles. The molecule has 31 heavy (non-hydrogen) atoms. The molecule has 0 atom stereocenters. The average Bonchev–Trinajstić information content (AvgIpc) is 3.54. The number of nitrogens with zero attached hydrogens (tertiary/aromatic N) is 1. The number of halogens is 1. The van der Waals surface area contributed by atoms with Gasteiger partial charge in [0.25, 0.3) is 0 Å². The summed E-state index contributed by atoms with van der Waals surface area (Å²) in [6, 6.07) is 13.7. The molecule has 0 aromatic heterocycles. The number of anilines is 2. The van der Waals surface area contributed by atoms with E-state index in [0.717, 1.165) is 81.3 Å². The molecule has 0 bridgehead atoms. The molecule has 0 radical (unpaired) electrons. The Bertz CT molecular complexity index is 989. The number of fused-ring (bicyclic) bond motifs is 1. The summed E-state index contributed by atoms with van der Waals surface area (Å²) in [5.74, 6) is 0.461. The highest BCUT2D eigenvalue weighted by Crippen LogP contribution is 2.43. The largest absolute Gasteiger partial charge is 0.325 e. The number of rotatable bonds is 4. The second kappa shape index (κ2) is 8.31. The monoisotopic (exact) mass is 436 g/mol. The Labute approximate surface area is 189 Å². The zero-order valence-electron chi connectivity index (χ0n) is 17.8. The van der Waals surface area contributed by atoms with Crippen molar-refractivity contribution < 1.29 is 9.59 Å². The van der Waals surface area contributed by atoms with Crippen molar-refractivity contribution in [3.05, 3.63) is 58.6 Å². The van der Waals surface area contributed by atoms with Crippen LogP contribution in [0.1, 0.15) is 62.5 Å². The van der Waals surface area contributed by atoms with Gasteiger partial charge in [-0.05, 0) is 67.5 Å². The van der Waals surface area contributed by atoms with E-state index in [0.29, 0.717) is 5.02 Å². The number of nitrogens with one attached hydrogen (secondary N) is 1. The summed E-state index contributed by atoms with van der Waals surface area (Å²) in [4.78, 5) is 28.5. The predicted molar refractivity (Wildman–Crippen MR) is 125 cm³/mol. The quantitative estimate of drug-likeness (QED) is 0.651. The number of hydrogen-bond donors (Lipinski definition) is 1. The molecule has 1 N–H and O–H groups in total. The molecule has 3 aliphatic rings. The van der Waals surface area contributed by atoms with E-state index in [4.69, 9.17) is 11.6 Å². The van der Waals surface area contributed by atoms with E-state index in [2.05, 4.69) is 11.4 Å². The Kier molecular flexibility index (Phi) is 5.51. The van der Waals surface area contributed by atoms with Gasteiger partial charge in [0.05, 0.1) is 5.41 Å². The first kappa shape index (κ1) is 20.6. The Balaban J connectivity index is 1.39. The molecule has 4 nitrogen and oxygen atoms in total. The van der Waals surface area contributed by atoms with Crippen LogP contribution < -0.4 is 10.2 Å². The van der Waals surface area contributed by atoms with E-state index in [9.17, 15) is 9.59 Å². The van der Waals surface area contributed by atoms with Gasteiger partial charge in [0.1, 0.15) is 0 Å². The van der Waals surface area contributed by atoms with E-state index in [1.807, 2.05) is 41.3 Å². The van der Waals surface area contributed by atoms with Crippen LogP contribution in [0.2, 0.25) is 5.02 Å². The molecule has 1 heterocycles. The fourth-order valence-electron chi connectivity index (χ4n) is 5.72. The van der Waals surface area contributed by atoms with Crippen LogP contribution >= 0.6 is 11.6 Å². The smallest absolute Gasteiger partial charge is 0.235 e. The van der Waals surface area contributed by atoms with Crippen molar-refractivity contribution in [2.45, 2.75) is 63.2 Å². The van der Waals surface area contributed by atoms with Gasteiger partial charge in [0.2, 0.25) is 11.8 Å². The average molecular weight is 437 g/mol. The molecule has 2 aromatic rings. The fraction of sp³-hybridized carbons (Fsp3) is 0.462. The van der Waals surface area contributed by atoms with Gasteiger partial charge in [-0.3, -0.25) is 9.59 Å². The number of benzene rings is 2. The standard InChI is InChI=1S/C26H29ClN2O2/c27-21-10-8-20(9-11-21)26(14-3-4-15-26)25(31)28-22-12-7-18-13-16-29(23(18)17-22)24(30)19-5-1-2-6-19/h7-12,17,19H,1-6,13-16H2,(H,28,31). The normalized spacial score (nSPS) is 20.1. The van der Waals surface area contributed by atoms with Crippen molar-refractivity contribution in [2.24, 2.45) is 5.92 Å². The fourth-order valence-corrected chi connectivity index (χ4v) is 5.85. The molecular formula is C26H29ClN2O2. The molecule has 2 fully saturated rings. The van der Waals surface area contributed by atoms with Crippen molar-refractivity contribution >= 4 is 34.8 Å². The van der Waals surface area contributed by atoms with Gasteiger partial charge in [0.15, 0.2) is 0 Å². The lowest BCUT2D eigenvalue weighted by Gasteiger charge is -2.29. The first-order valence-electron chi connectivity index (χ1n) is 11.6. The zero-order chi connectivity index (χ0) is 21.4. The summed E-state index contributed by atoms with van der Waals surface area (Å²) in [5.41, 5.74) is 3.46. The lowest BCUT2D eigenvalue weighted by Crippen LogP contribution is -2.38. The Morgan fingerprint density at radius 3 is 2.39 bits per heavy atom. The topological polar surface area (TPSA) is 49.4 Å². The summed E-state index contributed by atoms with van der Waals surface area (Å²) in [6.07, 6.45) is 8.98. The molecule has 2 saturated carbocycles. The lowest BCUT2D eigenvalue weighted by atomic mass is 9.78. The van der Waals surface area contributed by atoms with Gasteiger partial charge < -0.3 is 10.2 Å². The summed E-state index contributed by atoms with van der Waals surface area (Å²) in [5, 5.41) is 3.87. The minimum Gasteiger partial charge on any atom is -0.325 e. The van der Waals surface area contributed by atoms with Gasteiger partial charge >= 0.3 is 0 Å². The van der Waals surface area contributed by atoms with Gasteiger partial charge in [-0.25, -0.2) is 0 Å². The van der Waals surface area contributed by atoms with E-state index in [1.165, 1.54) is 5.56 Å². The number of carbonyl (C=O) groups is 2. The number of amides is 2. The predicted octanol–water partition coefficient (Wildman–Crippen LogP) is 5.87. The lowest BCUT2D eigenvalue weighted by molar-refractivity contribution is -0.122. The third-order valence-electron chi connectivity index (χ3n) is 7.50. The van der Waals surface area contributed by atoms with Crippen molar-refractivity contribution in [2.75, 3.05) is 16.8 Å². The van der Waals surface area contributed by atoms with Gasteiger partial charge in [0, 0.05) is 28.9 Å². The first-order chi connectivity index (χ1) is 15.1. The van der Waals surface area contributed by atoms with Crippen LogP contribution in [0, 0.1) is 5.92 Å². The second-order valence-corrected chi connectivity index (χ2v) is 9.75. The maximum Gasteiger partial charge on any atom is 0.235 e. The van der Waals surface area contributed by atoms with Crippen LogP contribution in [-0.4, -0.2) is 18.4 Å². The van der Waals surface area contributed by atoms with Crippen molar-refractivity contribution in [3.63, 3.8) is 0 Å². The molecule has 1 aliphatic heterocycles. The highest BCUT2D eigenvalue weighted by atomic mass is 35.5. The van der Waals surface area contributed by atoms with Crippen molar-refractivity contribution in [1.82, 2.24) is 0 Å². The maximum absolute atomic E-state index is 13.5. The number of carbonyl (C=O) groups excluding carboxylic acids is 2. The molecule has 5 heteroatoms. The van der Waals surface area contributed by atoms with Gasteiger partial charge in [-0.1, -0.05) is 55.5 Å². The van der Waals surface area contributed by atoms with E-state index < -0.39 is 5.41 Å². The highest BCUT2D eigenvalue weighted by Gasteiger charge is 2.43. The minimum atomic E-state index is -0.511. The number of hydrogen-bond acceptors (Lipinski definition) is 2. The Morgan fingerprint density at radius 1 is 0.968 bits per heavy atom. The second-order valence-electron chi connectivity index (χ2n) is 9.31. The molecule has 162 valence electrons. The molecule has 0 saturated heterocycles. The summed E-state index contributed by atoms with van der Waals surface area (Å²) in [6.45, 7) is 0.747. The van der Waals surface area contributed by atoms with Crippen LogP contribution in [-0.2, 0) is 21.4 Å². The summed E-state index contributed by atoms with van der Waals surface area (Å²) >= 11 is 6.08.